The Balaban J connectivity index is 1.43. The minimum atomic E-state index is -0.525. The number of rotatable bonds is 4. The normalized spacial score (nSPS) is 17.1. The molecule has 10 nitrogen and oxygen atoms in total. The van der Waals surface area contributed by atoms with E-state index in [1.807, 2.05) is 67.5 Å². The van der Waals surface area contributed by atoms with Crippen LogP contribution in [0.25, 0.3) is 22.2 Å². The Bertz CT molecular complexity index is 1490. The second kappa shape index (κ2) is 11.5. The highest BCUT2D eigenvalue weighted by molar-refractivity contribution is 5.82. The van der Waals surface area contributed by atoms with Crippen molar-refractivity contribution in [2.24, 2.45) is 0 Å². The van der Waals surface area contributed by atoms with E-state index in [1.54, 1.807) is 18.0 Å². The molecular formula is C31H40N6O4. The number of aryl methyl sites for hydroxylation is 1. The third-order valence-electron chi connectivity index (χ3n) is 7.96. The van der Waals surface area contributed by atoms with Gasteiger partial charge in [-0.25, -0.2) is 9.78 Å². The van der Waals surface area contributed by atoms with Crippen molar-refractivity contribution >= 4 is 29.0 Å². The Morgan fingerprint density at radius 2 is 1.63 bits per heavy atom. The van der Waals surface area contributed by atoms with Gasteiger partial charge in [-0.05, 0) is 70.6 Å². The van der Waals surface area contributed by atoms with Gasteiger partial charge in [0.1, 0.15) is 11.2 Å². The SMILES string of the molecule is CC(=O)N1CCC(n2c(=O)c(-c3ccccc3C)cc3cnc(NC4CCN(C(=O)OC(C)(C)C)CC4)nc32)CC1. The standard InChI is InChI=1S/C31H40N6O4/c1-20-8-6-7-9-25(20)26-18-22-19-32-29(33-23-10-14-36(15-11-23)30(40)41-31(3,4)5)34-27(22)37(28(26)39)24-12-16-35(17-13-24)21(2)38/h6-9,18-19,23-24H,10-17H2,1-5H3,(H,32,33,34). The van der Waals surface area contributed by atoms with E-state index < -0.39 is 5.60 Å². The second-order valence-corrected chi connectivity index (χ2v) is 12.1. The fourth-order valence-corrected chi connectivity index (χ4v) is 5.75. The number of pyridine rings is 1. The van der Waals surface area contributed by atoms with Crippen LogP contribution in [0.2, 0.25) is 0 Å². The number of carbonyl (C=O) groups is 2. The van der Waals surface area contributed by atoms with Crippen LogP contribution in [-0.4, -0.2) is 74.2 Å². The van der Waals surface area contributed by atoms with E-state index in [-0.39, 0.29) is 29.6 Å². The van der Waals surface area contributed by atoms with Crippen LogP contribution in [0.15, 0.2) is 41.3 Å². The van der Waals surface area contributed by atoms with Crippen LogP contribution >= 0.6 is 0 Å². The van der Waals surface area contributed by atoms with Gasteiger partial charge in [-0.1, -0.05) is 24.3 Å². The zero-order valence-electron chi connectivity index (χ0n) is 24.6. The van der Waals surface area contributed by atoms with Gasteiger partial charge in [0.15, 0.2) is 0 Å². The molecule has 0 spiro atoms. The monoisotopic (exact) mass is 560 g/mol. The number of aromatic nitrogens is 3. The Morgan fingerprint density at radius 3 is 2.27 bits per heavy atom. The molecule has 2 aliphatic heterocycles. The van der Waals surface area contributed by atoms with E-state index in [2.05, 4.69) is 10.3 Å². The molecule has 4 heterocycles. The molecule has 2 fully saturated rings. The molecule has 10 heteroatoms. The van der Waals surface area contributed by atoms with E-state index in [0.29, 0.717) is 56.2 Å². The van der Waals surface area contributed by atoms with Crippen molar-refractivity contribution in [3.05, 3.63) is 52.4 Å². The summed E-state index contributed by atoms with van der Waals surface area (Å²) < 4.78 is 7.34. The number of amides is 2. The molecule has 218 valence electrons. The molecule has 3 aromatic rings. The first-order valence-corrected chi connectivity index (χ1v) is 14.5. The molecule has 2 saturated heterocycles. The molecule has 5 rings (SSSR count). The lowest BCUT2D eigenvalue weighted by molar-refractivity contribution is -0.130. The summed E-state index contributed by atoms with van der Waals surface area (Å²) in [6, 6.07) is 9.80. The van der Waals surface area contributed by atoms with E-state index in [0.717, 1.165) is 29.4 Å². The average molecular weight is 561 g/mol. The van der Waals surface area contributed by atoms with Crippen LogP contribution in [0.1, 0.15) is 65.0 Å². The number of anilines is 1. The van der Waals surface area contributed by atoms with E-state index in [4.69, 9.17) is 9.72 Å². The summed E-state index contributed by atoms with van der Waals surface area (Å²) in [5, 5.41) is 4.23. The lowest BCUT2D eigenvalue weighted by Crippen LogP contribution is -2.44. The Hall–Kier alpha value is -3.95. The minimum Gasteiger partial charge on any atom is -0.444 e. The van der Waals surface area contributed by atoms with Crippen molar-refractivity contribution in [3.8, 4) is 11.1 Å². The van der Waals surface area contributed by atoms with Crippen LogP contribution in [0, 0.1) is 6.92 Å². The molecule has 0 atom stereocenters. The number of fused-ring (bicyclic) bond motifs is 1. The molecule has 0 saturated carbocycles. The number of carbonyl (C=O) groups excluding carboxylic acids is 2. The predicted octanol–water partition coefficient (Wildman–Crippen LogP) is 4.76. The van der Waals surface area contributed by atoms with Crippen LogP contribution in [0.5, 0.6) is 0 Å². The smallest absolute Gasteiger partial charge is 0.410 e. The molecule has 1 aromatic carbocycles. The summed E-state index contributed by atoms with van der Waals surface area (Å²) in [5.41, 5.74) is 2.54. The number of benzene rings is 1. The minimum absolute atomic E-state index is 0.0563. The summed E-state index contributed by atoms with van der Waals surface area (Å²) >= 11 is 0. The summed E-state index contributed by atoms with van der Waals surface area (Å²) in [4.78, 5) is 51.6. The van der Waals surface area contributed by atoms with E-state index >= 15 is 0 Å². The Morgan fingerprint density at radius 1 is 0.976 bits per heavy atom. The van der Waals surface area contributed by atoms with Gasteiger partial charge in [0.2, 0.25) is 11.9 Å². The maximum atomic E-state index is 14.1. The van der Waals surface area contributed by atoms with Crippen molar-refractivity contribution in [1.29, 1.82) is 0 Å². The third kappa shape index (κ3) is 6.36. The first-order chi connectivity index (χ1) is 19.5. The molecule has 2 aromatic heterocycles. The Kier molecular flexibility index (Phi) is 8.02. The number of piperidine rings is 2. The summed E-state index contributed by atoms with van der Waals surface area (Å²) in [6.07, 6.45) is 4.33. The van der Waals surface area contributed by atoms with Gasteiger partial charge < -0.3 is 19.9 Å². The van der Waals surface area contributed by atoms with Gasteiger partial charge in [0, 0.05) is 62.3 Å². The first kappa shape index (κ1) is 28.6. The topological polar surface area (TPSA) is 110 Å². The quantitative estimate of drug-likeness (QED) is 0.490. The number of ether oxygens (including phenoxy) is 1. The molecule has 1 N–H and O–H groups in total. The van der Waals surface area contributed by atoms with Crippen LogP contribution in [0.4, 0.5) is 10.7 Å². The molecular weight excluding hydrogens is 520 g/mol. The largest absolute Gasteiger partial charge is 0.444 e. The fourth-order valence-electron chi connectivity index (χ4n) is 5.75. The lowest BCUT2D eigenvalue weighted by atomic mass is 9.99. The van der Waals surface area contributed by atoms with Crippen LogP contribution < -0.4 is 10.9 Å². The third-order valence-corrected chi connectivity index (χ3v) is 7.96. The molecule has 0 aliphatic carbocycles. The van der Waals surface area contributed by atoms with Crippen LogP contribution in [-0.2, 0) is 9.53 Å². The van der Waals surface area contributed by atoms with Gasteiger partial charge in [-0.3, -0.25) is 14.2 Å². The Labute approximate surface area is 240 Å². The van der Waals surface area contributed by atoms with Crippen LogP contribution in [0.3, 0.4) is 0 Å². The molecule has 0 radical (unpaired) electrons. The number of likely N-dealkylation sites (tertiary alicyclic amines) is 2. The molecule has 0 unspecified atom stereocenters. The summed E-state index contributed by atoms with van der Waals surface area (Å²) in [7, 11) is 0. The first-order valence-electron chi connectivity index (χ1n) is 14.5. The van der Waals surface area contributed by atoms with Crippen molar-refractivity contribution in [2.75, 3.05) is 31.5 Å². The van der Waals surface area contributed by atoms with Gasteiger partial charge in [0.05, 0.1) is 0 Å². The summed E-state index contributed by atoms with van der Waals surface area (Å²) in [5.74, 6) is 0.520. The van der Waals surface area contributed by atoms with Gasteiger partial charge in [0.25, 0.3) is 5.56 Å². The van der Waals surface area contributed by atoms with E-state index in [9.17, 15) is 14.4 Å². The van der Waals surface area contributed by atoms with Gasteiger partial charge in [-0.15, -0.1) is 0 Å². The van der Waals surface area contributed by atoms with Crippen molar-refractivity contribution in [2.45, 2.75) is 78.0 Å². The molecule has 0 bridgehead atoms. The molecule has 41 heavy (non-hydrogen) atoms. The van der Waals surface area contributed by atoms with E-state index in [1.165, 1.54) is 0 Å². The van der Waals surface area contributed by atoms with Gasteiger partial charge in [-0.2, -0.15) is 4.98 Å². The fraction of sp³-hybridized carbons (Fsp3) is 0.516. The molecule has 2 aliphatic rings. The number of nitrogens with one attached hydrogen (secondary N) is 1. The highest BCUT2D eigenvalue weighted by Crippen LogP contribution is 2.29. The molecule has 2 amide bonds. The maximum absolute atomic E-state index is 14.1. The number of nitrogens with zero attached hydrogens (tertiary/aromatic N) is 5. The zero-order chi connectivity index (χ0) is 29.3. The van der Waals surface area contributed by atoms with Crippen molar-refractivity contribution < 1.29 is 14.3 Å². The van der Waals surface area contributed by atoms with Crippen molar-refractivity contribution in [3.63, 3.8) is 0 Å². The second-order valence-electron chi connectivity index (χ2n) is 12.1. The predicted molar refractivity (Wildman–Crippen MR) is 159 cm³/mol. The highest BCUT2D eigenvalue weighted by Gasteiger charge is 2.29. The van der Waals surface area contributed by atoms with Gasteiger partial charge >= 0.3 is 6.09 Å². The zero-order valence-corrected chi connectivity index (χ0v) is 24.6. The maximum Gasteiger partial charge on any atom is 0.410 e. The average Bonchev–Trinajstić information content (AvgIpc) is 2.93. The number of hydrogen-bond donors (Lipinski definition) is 1. The van der Waals surface area contributed by atoms with Crippen molar-refractivity contribution in [1.82, 2.24) is 24.3 Å². The summed E-state index contributed by atoms with van der Waals surface area (Å²) in [6.45, 7) is 11.6. The highest BCUT2D eigenvalue weighted by atomic mass is 16.6. The lowest BCUT2D eigenvalue weighted by Gasteiger charge is -2.34. The number of hydrogen-bond acceptors (Lipinski definition) is 7.